The lowest BCUT2D eigenvalue weighted by Gasteiger charge is -2.42. The molecule has 410 valence electrons. The molecular formula is C78H79B3N2. The fourth-order valence-corrected chi connectivity index (χ4v) is 16.0. The minimum atomic E-state index is -0.102. The first-order valence-electron chi connectivity index (χ1n) is 30.9. The fourth-order valence-electron chi connectivity index (χ4n) is 16.0. The second kappa shape index (κ2) is 16.8. The van der Waals surface area contributed by atoms with E-state index in [4.69, 9.17) is 0 Å². The molecule has 0 atom stereocenters. The fraction of sp³-hybridized carbons (Fsp3) is 0.308. The lowest BCUT2D eigenvalue weighted by Crippen LogP contribution is -2.69. The van der Waals surface area contributed by atoms with Gasteiger partial charge in [-0.25, -0.2) is 0 Å². The largest absolute Gasteiger partial charge is 0.311 e. The molecule has 4 aliphatic rings. The Bertz CT molecular complexity index is 4320. The SMILES string of the molecule is CC(C)(C)c1ccc(-c2ccc(B3c4cc5c6c7c4-n4c8c3ccc(C(C)(C)C)c8c3c(C(C)(C)C)ccc(c34)B7c3ccc(C(C)(C)C)c4c7c(C(C)(C)C)ccc(c7n-6c34)B5c3ccc(-c4ccc(C(C)(C)C)cc4)cc3)cc2)cc1. The highest BCUT2D eigenvalue weighted by Crippen LogP contribution is 2.48. The van der Waals surface area contributed by atoms with E-state index in [-0.39, 0.29) is 52.6 Å². The Morgan fingerprint density at radius 2 is 0.506 bits per heavy atom. The van der Waals surface area contributed by atoms with Gasteiger partial charge in [-0.1, -0.05) is 287 Å². The smallest absolute Gasteiger partial charge is 0.252 e. The third-order valence-corrected chi connectivity index (χ3v) is 20.1. The summed E-state index contributed by atoms with van der Waals surface area (Å²) in [6.07, 6.45) is 0. The van der Waals surface area contributed by atoms with Crippen LogP contribution in [-0.2, 0) is 32.5 Å². The van der Waals surface area contributed by atoms with Crippen LogP contribution in [0.25, 0.3) is 77.2 Å². The van der Waals surface area contributed by atoms with Crippen LogP contribution in [0.1, 0.15) is 158 Å². The highest BCUT2D eigenvalue weighted by molar-refractivity contribution is 7.06. The summed E-state index contributed by atoms with van der Waals surface area (Å²) in [4.78, 5) is 0. The predicted octanol–water partition coefficient (Wildman–Crippen LogP) is 13.8. The van der Waals surface area contributed by atoms with Crippen LogP contribution in [0, 0.1) is 0 Å². The zero-order valence-corrected chi connectivity index (χ0v) is 52.6. The second-order valence-corrected chi connectivity index (χ2v) is 31.7. The summed E-state index contributed by atoms with van der Waals surface area (Å²) in [6, 6.07) is 61.2. The van der Waals surface area contributed by atoms with E-state index < -0.39 is 0 Å². The third kappa shape index (κ3) is 7.31. The maximum atomic E-state index is 2.84. The van der Waals surface area contributed by atoms with Gasteiger partial charge in [-0.2, -0.15) is 0 Å². The molecule has 2 aromatic heterocycles. The molecular weight excluding hydrogens is 997 g/mol. The van der Waals surface area contributed by atoms with E-state index in [0.29, 0.717) is 0 Å². The molecule has 6 heterocycles. The second-order valence-electron chi connectivity index (χ2n) is 31.7. The molecule has 0 N–H and O–H groups in total. The van der Waals surface area contributed by atoms with Crippen LogP contribution in [-0.4, -0.2) is 29.3 Å². The predicted molar refractivity (Wildman–Crippen MR) is 365 cm³/mol. The Labute approximate surface area is 495 Å². The molecule has 2 nitrogen and oxygen atoms in total. The first-order valence-corrected chi connectivity index (χ1v) is 30.9. The van der Waals surface area contributed by atoms with Crippen LogP contribution in [0.15, 0.2) is 152 Å². The lowest BCUT2D eigenvalue weighted by molar-refractivity contribution is 0.590. The van der Waals surface area contributed by atoms with E-state index in [1.54, 1.807) is 0 Å². The van der Waals surface area contributed by atoms with Gasteiger partial charge in [0.1, 0.15) is 0 Å². The Kier molecular flexibility index (Phi) is 10.6. The van der Waals surface area contributed by atoms with Crippen molar-refractivity contribution >= 4 is 113 Å². The van der Waals surface area contributed by atoms with Gasteiger partial charge in [0.2, 0.25) is 13.4 Å². The Hall–Kier alpha value is -7.23. The van der Waals surface area contributed by atoms with E-state index in [1.165, 1.54) is 160 Å². The molecule has 0 amide bonds. The normalized spacial score (nSPS) is 14.6. The van der Waals surface area contributed by atoms with Gasteiger partial charge in [0.15, 0.2) is 0 Å². The highest BCUT2D eigenvalue weighted by Gasteiger charge is 2.51. The molecule has 0 unspecified atom stereocenters. The molecule has 15 rings (SSSR count). The topological polar surface area (TPSA) is 9.86 Å². The van der Waals surface area contributed by atoms with Gasteiger partial charge in [-0.15, -0.1) is 0 Å². The summed E-state index contributed by atoms with van der Waals surface area (Å²) < 4.78 is 5.68. The summed E-state index contributed by atoms with van der Waals surface area (Å²) >= 11 is 0. The van der Waals surface area contributed by atoms with Gasteiger partial charge in [0, 0.05) is 55.0 Å². The van der Waals surface area contributed by atoms with Gasteiger partial charge in [0.05, 0.1) is 0 Å². The molecule has 4 aliphatic heterocycles. The molecule has 5 heteroatoms. The monoisotopic (exact) mass is 1080 g/mol. The molecule has 11 aromatic rings. The maximum absolute atomic E-state index is 2.84. The van der Waals surface area contributed by atoms with Gasteiger partial charge < -0.3 is 9.13 Å². The Morgan fingerprint density at radius 3 is 0.759 bits per heavy atom. The minimum Gasteiger partial charge on any atom is -0.311 e. The van der Waals surface area contributed by atoms with Gasteiger partial charge >= 0.3 is 0 Å². The van der Waals surface area contributed by atoms with Crippen LogP contribution in [0.4, 0.5) is 0 Å². The lowest BCUT2D eigenvalue weighted by atomic mass is 9.27. The van der Waals surface area contributed by atoms with Crippen LogP contribution in [0.3, 0.4) is 0 Å². The van der Waals surface area contributed by atoms with Crippen molar-refractivity contribution in [2.45, 2.75) is 157 Å². The molecule has 0 fully saturated rings. The van der Waals surface area contributed by atoms with Crippen molar-refractivity contribution in [3.8, 4) is 33.6 Å². The maximum Gasteiger partial charge on any atom is 0.252 e. The van der Waals surface area contributed by atoms with Crippen LogP contribution in [0.2, 0.25) is 0 Å². The van der Waals surface area contributed by atoms with Crippen molar-refractivity contribution < 1.29 is 0 Å². The summed E-state index contributed by atoms with van der Waals surface area (Å²) in [7, 11) is 0. The van der Waals surface area contributed by atoms with Gasteiger partial charge in [-0.05, 0) is 126 Å². The molecule has 0 radical (unpaired) electrons. The molecule has 0 saturated carbocycles. The zero-order valence-electron chi connectivity index (χ0n) is 52.6. The molecule has 9 aromatic carbocycles. The van der Waals surface area contributed by atoms with E-state index in [1.807, 2.05) is 0 Å². The van der Waals surface area contributed by atoms with Crippen molar-refractivity contribution in [2.24, 2.45) is 0 Å². The number of hydrogen-bond acceptors (Lipinski definition) is 0. The number of fused-ring (bicyclic) bond motifs is 4. The number of hydrogen-bond donors (Lipinski definition) is 0. The molecule has 0 spiro atoms. The van der Waals surface area contributed by atoms with Crippen molar-refractivity contribution in [3.63, 3.8) is 0 Å². The van der Waals surface area contributed by atoms with Gasteiger partial charge in [-0.3, -0.25) is 0 Å². The molecule has 0 bridgehead atoms. The Morgan fingerprint density at radius 1 is 0.253 bits per heavy atom. The number of aromatic nitrogens is 2. The zero-order chi connectivity index (χ0) is 58.3. The summed E-state index contributed by atoms with van der Waals surface area (Å²) in [5, 5.41) is 5.76. The first-order chi connectivity index (χ1) is 39.0. The van der Waals surface area contributed by atoms with Crippen LogP contribution in [0.5, 0.6) is 0 Å². The first kappa shape index (κ1) is 52.6. The van der Waals surface area contributed by atoms with E-state index in [9.17, 15) is 0 Å². The van der Waals surface area contributed by atoms with E-state index in [0.717, 1.165) is 0 Å². The van der Waals surface area contributed by atoms with Gasteiger partial charge in [0.25, 0.3) is 6.71 Å². The number of nitrogens with zero attached hydrogens (tertiary/aromatic N) is 2. The summed E-state index contributed by atoms with van der Waals surface area (Å²) in [5.74, 6) is 0. The number of rotatable bonds is 4. The highest BCUT2D eigenvalue weighted by atomic mass is 15.0. The average Bonchev–Trinajstić information content (AvgIpc) is 1.61. The summed E-state index contributed by atoms with van der Waals surface area (Å²) in [6.45, 7) is 42.9. The molecule has 0 saturated heterocycles. The molecule has 83 heavy (non-hydrogen) atoms. The average molecular weight is 1080 g/mol. The van der Waals surface area contributed by atoms with Crippen LogP contribution < -0.4 is 49.2 Å². The Balaban J connectivity index is 1.10. The van der Waals surface area contributed by atoms with Crippen molar-refractivity contribution in [1.82, 2.24) is 9.13 Å². The molecule has 0 aliphatic carbocycles. The van der Waals surface area contributed by atoms with Crippen LogP contribution >= 0.6 is 0 Å². The van der Waals surface area contributed by atoms with Crippen molar-refractivity contribution in [2.75, 3.05) is 0 Å². The van der Waals surface area contributed by atoms with Crippen molar-refractivity contribution in [1.29, 1.82) is 0 Å². The summed E-state index contributed by atoms with van der Waals surface area (Å²) in [5.41, 5.74) is 34.3. The van der Waals surface area contributed by atoms with E-state index in [2.05, 4.69) is 285 Å². The van der Waals surface area contributed by atoms with Crippen molar-refractivity contribution in [3.05, 3.63) is 185 Å². The third-order valence-electron chi connectivity index (χ3n) is 20.1. The quantitative estimate of drug-likeness (QED) is 0.156. The number of benzene rings is 9. The van der Waals surface area contributed by atoms with E-state index >= 15 is 0 Å². The minimum absolute atomic E-state index is 0.0119. The standard InChI is InChI=1S/C78H79B3N2/c1-73(2,3)48-27-19-44(20-28-48)46-23-31-50(32-24-46)79-56-39-35-52(75(7,8)9)62-64-54(77(13,14)15)37-41-58-69(64)82(67(56)62)71-60(79)43-61-72-66(71)81(58)59-42-38-55(78(16,17)18)65-63-53(76(10,11)12)36-40-57(68(63)83(72)70(59)65)80(61)51-33-25-47(26-34-51)45-21-29-49(30-22-45)74(4,5)6/h19-43H,1-18H3.